The molecule has 0 aliphatic heterocycles. The van der Waals surface area contributed by atoms with Gasteiger partial charge in [0.2, 0.25) is 0 Å². The fraction of sp³-hybridized carbons (Fsp3) is 0.267. The van der Waals surface area contributed by atoms with Crippen LogP contribution < -0.4 is 10.6 Å². The highest BCUT2D eigenvalue weighted by molar-refractivity contribution is 7.92. The molecule has 0 saturated carbocycles. The molecule has 0 spiro atoms. The summed E-state index contributed by atoms with van der Waals surface area (Å²) in [5, 5.41) is 3.35. The lowest BCUT2D eigenvalue weighted by Gasteiger charge is -2.12. The van der Waals surface area contributed by atoms with Crippen LogP contribution in [0.15, 0.2) is 41.7 Å². The van der Waals surface area contributed by atoms with E-state index >= 15 is 0 Å². The van der Waals surface area contributed by atoms with Gasteiger partial charge in [-0.1, -0.05) is 0 Å². The molecule has 0 aliphatic carbocycles. The van der Waals surface area contributed by atoms with Gasteiger partial charge < -0.3 is 10.6 Å². The summed E-state index contributed by atoms with van der Waals surface area (Å²) >= 11 is 0. The van der Waals surface area contributed by atoms with Crippen LogP contribution in [0.25, 0.3) is 0 Å². The van der Waals surface area contributed by atoms with Gasteiger partial charge in [0.25, 0.3) is 15.7 Å². The van der Waals surface area contributed by atoms with Crippen LogP contribution in [-0.4, -0.2) is 42.9 Å². The minimum Gasteiger partial charge on any atom is -0.368 e. The standard InChI is InChI=1S/C15H12F6N4O3S/c16-14(17,18)9-3-4-11(25-8-9)22-6-7-23-12(26)10-2-1-5-24-13(10)29(27,28)15(19,20)21/h1-5,8H,6-7H2,(H,22,25)(H,23,26). The van der Waals surface area contributed by atoms with Gasteiger partial charge in [0.05, 0.1) is 11.1 Å². The van der Waals surface area contributed by atoms with Gasteiger partial charge >= 0.3 is 11.7 Å². The molecule has 2 rings (SSSR count). The lowest BCUT2D eigenvalue weighted by molar-refractivity contribution is -0.137. The average molecular weight is 442 g/mol. The highest BCUT2D eigenvalue weighted by Gasteiger charge is 2.49. The minimum absolute atomic E-state index is 0.0499. The van der Waals surface area contributed by atoms with Crippen molar-refractivity contribution in [1.29, 1.82) is 0 Å². The van der Waals surface area contributed by atoms with Gasteiger partial charge in [-0.15, -0.1) is 0 Å². The summed E-state index contributed by atoms with van der Waals surface area (Å²) < 4.78 is 98.5. The molecular formula is C15H12F6N4O3S. The van der Waals surface area contributed by atoms with Gasteiger partial charge in [-0.3, -0.25) is 4.79 Å². The van der Waals surface area contributed by atoms with Crippen molar-refractivity contribution in [2.24, 2.45) is 0 Å². The number of nitrogens with one attached hydrogen (secondary N) is 2. The number of aromatic nitrogens is 2. The third-order valence-corrected chi connectivity index (χ3v) is 4.83. The fourth-order valence-corrected chi connectivity index (χ4v) is 2.88. The molecule has 0 radical (unpaired) electrons. The van der Waals surface area contributed by atoms with Gasteiger partial charge in [0, 0.05) is 25.5 Å². The predicted octanol–water partition coefficient (Wildman–Crippen LogP) is 2.63. The Hall–Kier alpha value is -2.90. The number of pyridine rings is 2. The van der Waals surface area contributed by atoms with E-state index in [9.17, 15) is 39.6 Å². The van der Waals surface area contributed by atoms with Gasteiger partial charge in [-0.2, -0.15) is 26.3 Å². The number of anilines is 1. The first kappa shape index (κ1) is 22.4. The van der Waals surface area contributed by atoms with E-state index in [1.165, 1.54) is 0 Å². The molecule has 2 N–H and O–H groups in total. The molecule has 29 heavy (non-hydrogen) atoms. The number of nitrogens with zero attached hydrogens (tertiary/aromatic N) is 2. The maximum atomic E-state index is 12.7. The Morgan fingerprint density at radius 2 is 1.69 bits per heavy atom. The zero-order valence-corrected chi connectivity index (χ0v) is 15.0. The summed E-state index contributed by atoms with van der Waals surface area (Å²) in [6.07, 6.45) is -3.14. The number of alkyl halides is 6. The molecule has 0 fully saturated rings. The quantitative estimate of drug-likeness (QED) is 0.527. The lowest BCUT2D eigenvalue weighted by atomic mass is 10.2. The number of amides is 1. The van der Waals surface area contributed by atoms with Crippen molar-refractivity contribution >= 4 is 21.6 Å². The van der Waals surface area contributed by atoms with Crippen molar-refractivity contribution in [3.05, 3.63) is 47.8 Å². The van der Waals surface area contributed by atoms with Crippen LogP contribution in [0.2, 0.25) is 0 Å². The minimum atomic E-state index is -5.83. The third kappa shape index (κ3) is 5.34. The van der Waals surface area contributed by atoms with Crippen molar-refractivity contribution in [2.75, 3.05) is 18.4 Å². The van der Waals surface area contributed by atoms with E-state index in [4.69, 9.17) is 0 Å². The van der Waals surface area contributed by atoms with E-state index in [0.717, 1.165) is 30.5 Å². The molecule has 0 aromatic carbocycles. The van der Waals surface area contributed by atoms with Crippen LogP contribution in [-0.2, 0) is 16.0 Å². The van der Waals surface area contributed by atoms with Crippen LogP contribution in [0.1, 0.15) is 15.9 Å². The van der Waals surface area contributed by atoms with Crippen LogP contribution in [0.4, 0.5) is 32.2 Å². The first-order valence-corrected chi connectivity index (χ1v) is 9.14. The Labute approximate surface area is 160 Å². The molecule has 0 aliphatic rings. The number of hydrogen-bond acceptors (Lipinski definition) is 6. The lowest BCUT2D eigenvalue weighted by Crippen LogP contribution is -2.32. The summed E-state index contributed by atoms with van der Waals surface area (Å²) in [5.74, 6) is -1.06. The fourth-order valence-electron chi connectivity index (χ4n) is 2.02. The van der Waals surface area contributed by atoms with Gasteiger partial charge in [0.15, 0.2) is 5.03 Å². The van der Waals surface area contributed by atoms with Crippen molar-refractivity contribution in [1.82, 2.24) is 15.3 Å². The van der Waals surface area contributed by atoms with Gasteiger partial charge in [0.1, 0.15) is 5.82 Å². The molecule has 2 aromatic heterocycles. The van der Waals surface area contributed by atoms with Crippen LogP contribution in [0.5, 0.6) is 0 Å². The Morgan fingerprint density at radius 3 is 2.24 bits per heavy atom. The number of halogens is 6. The van der Waals surface area contributed by atoms with E-state index in [1.54, 1.807) is 0 Å². The first-order valence-electron chi connectivity index (χ1n) is 7.66. The molecule has 1 amide bonds. The topological polar surface area (TPSA) is 101 Å². The number of rotatable bonds is 6. The number of carbonyl (C=O) groups is 1. The van der Waals surface area contributed by atoms with Crippen LogP contribution in [0.3, 0.4) is 0 Å². The Morgan fingerprint density at radius 1 is 1.00 bits per heavy atom. The van der Waals surface area contributed by atoms with E-state index in [2.05, 4.69) is 20.6 Å². The third-order valence-electron chi connectivity index (χ3n) is 3.38. The zero-order valence-electron chi connectivity index (χ0n) is 14.2. The molecule has 2 aromatic rings. The maximum absolute atomic E-state index is 12.7. The van der Waals surface area contributed by atoms with E-state index in [1.807, 2.05) is 0 Å². The molecule has 0 unspecified atom stereocenters. The van der Waals surface area contributed by atoms with Crippen molar-refractivity contribution < 1.29 is 39.6 Å². The van der Waals surface area contributed by atoms with Gasteiger partial charge in [-0.05, 0) is 24.3 Å². The largest absolute Gasteiger partial charge is 0.503 e. The highest BCUT2D eigenvalue weighted by atomic mass is 32.2. The van der Waals surface area contributed by atoms with Crippen LogP contribution in [0, 0.1) is 0 Å². The second-order valence-corrected chi connectivity index (χ2v) is 7.27. The average Bonchev–Trinajstić information content (AvgIpc) is 2.64. The maximum Gasteiger partial charge on any atom is 0.503 e. The molecule has 0 saturated heterocycles. The van der Waals surface area contributed by atoms with Gasteiger partial charge in [-0.25, -0.2) is 18.4 Å². The van der Waals surface area contributed by atoms with Crippen LogP contribution >= 0.6 is 0 Å². The molecular weight excluding hydrogens is 430 g/mol. The summed E-state index contributed by atoms with van der Waals surface area (Å²) in [7, 11) is -5.83. The second kappa shape index (κ2) is 8.23. The Kier molecular flexibility index (Phi) is 6.35. The molecule has 0 bridgehead atoms. The van der Waals surface area contributed by atoms with Crippen molar-refractivity contribution in [3.63, 3.8) is 0 Å². The summed E-state index contributed by atoms with van der Waals surface area (Å²) in [5.41, 5.74) is -7.38. The second-order valence-electron chi connectivity index (χ2n) is 5.42. The van der Waals surface area contributed by atoms with E-state index < -0.39 is 43.6 Å². The SMILES string of the molecule is O=C(NCCNc1ccc(C(F)(F)F)cn1)c1cccnc1S(=O)(=O)C(F)(F)F. The van der Waals surface area contributed by atoms with E-state index in [0.29, 0.717) is 6.20 Å². The summed E-state index contributed by atoms with van der Waals surface area (Å²) in [6, 6.07) is 3.80. The zero-order chi connectivity index (χ0) is 21.9. The molecule has 7 nitrogen and oxygen atoms in total. The number of hydrogen-bond donors (Lipinski definition) is 2. The Balaban J connectivity index is 1.99. The molecule has 2 heterocycles. The van der Waals surface area contributed by atoms with E-state index in [-0.39, 0.29) is 18.9 Å². The number of carbonyl (C=O) groups excluding carboxylic acids is 1. The summed E-state index contributed by atoms with van der Waals surface area (Å²) in [6.45, 7) is -0.242. The monoisotopic (exact) mass is 442 g/mol. The Bertz CT molecular complexity index is 975. The summed E-state index contributed by atoms with van der Waals surface area (Å²) in [4.78, 5) is 18.7. The molecule has 14 heteroatoms. The van der Waals surface area contributed by atoms with Crippen molar-refractivity contribution in [3.8, 4) is 0 Å². The van der Waals surface area contributed by atoms with Crippen molar-refractivity contribution in [2.45, 2.75) is 16.7 Å². The number of sulfone groups is 1. The molecule has 158 valence electrons. The normalized spacial score (nSPS) is 12.5. The molecule has 0 atom stereocenters. The smallest absolute Gasteiger partial charge is 0.368 e. The highest BCUT2D eigenvalue weighted by Crippen LogP contribution is 2.31. The first-order chi connectivity index (χ1) is 13.3. The predicted molar refractivity (Wildman–Crippen MR) is 87.5 cm³/mol.